The maximum atomic E-state index is 12.1. The first kappa shape index (κ1) is 11.2. The van der Waals surface area contributed by atoms with Crippen LogP contribution in [0.1, 0.15) is 28.9 Å². The molecule has 3 nitrogen and oxygen atoms in total. The lowest BCUT2D eigenvalue weighted by Crippen LogP contribution is -2.26. The fraction of sp³-hybridized carbons (Fsp3) is 0.333. The van der Waals surface area contributed by atoms with Crippen LogP contribution in [0.4, 0.5) is 0 Å². The Morgan fingerprint density at radius 3 is 2.94 bits per heavy atom. The number of aryl methyl sites for hydroxylation is 1. The van der Waals surface area contributed by atoms with Gasteiger partial charge in [0.05, 0.1) is 16.8 Å². The van der Waals surface area contributed by atoms with E-state index < -0.39 is 0 Å². The maximum absolute atomic E-state index is 12.1. The van der Waals surface area contributed by atoms with E-state index in [1.165, 1.54) is 12.8 Å². The van der Waals surface area contributed by atoms with Crippen molar-refractivity contribution >= 4 is 16.8 Å². The SMILES string of the molecule is Cc1nc2ccccc2cc1C(=O)NCC1CC1. The Hall–Kier alpha value is -1.90. The van der Waals surface area contributed by atoms with Crippen molar-refractivity contribution in [2.75, 3.05) is 6.54 Å². The number of benzene rings is 1. The van der Waals surface area contributed by atoms with Gasteiger partial charge in [-0.2, -0.15) is 0 Å². The van der Waals surface area contributed by atoms with Crippen LogP contribution in [0.25, 0.3) is 10.9 Å². The highest BCUT2D eigenvalue weighted by Crippen LogP contribution is 2.27. The number of para-hydroxylation sites is 1. The van der Waals surface area contributed by atoms with Crippen molar-refractivity contribution in [3.05, 3.63) is 41.6 Å². The normalized spacial score (nSPS) is 14.7. The van der Waals surface area contributed by atoms with Crippen LogP contribution in [0.2, 0.25) is 0 Å². The fourth-order valence-electron chi connectivity index (χ4n) is 2.10. The lowest BCUT2D eigenvalue weighted by molar-refractivity contribution is 0.0951. The summed E-state index contributed by atoms with van der Waals surface area (Å²) in [5.41, 5.74) is 2.42. The minimum Gasteiger partial charge on any atom is -0.352 e. The van der Waals surface area contributed by atoms with Crippen molar-refractivity contribution in [3.8, 4) is 0 Å². The first-order valence-corrected chi connectivity index (χ1v) is 6.38. The Kier molecular flexibility index (Phi) is 2.74. The highest BCUT2D eigenvalue weighted by atomic mass is 16.1. The molecule has 1 aliphatic rings. The topological polar surface area (TPSA) is 42.0 Å². The number of aromatic nitrogens is 1. The number of hydrogen-bond acceptors (Lipinski definition) is 2. The summed E-state index contributed by atoms with van der Waals surface area (Å²) in [7, 11) is 0. The van der Waals surface area contributed by atoms with Gasteiger partial charge in [0.15, 0.2) is 0 Å². The quantitative estimate of drug-likeness (QED) is 0.896. The van der Waals surface area contributed by atoms with Crippen LogP contribution in [0, 0.1) is 12.8 Å². The molecule has 0 atom stereocenters. The summed E-state index contributed by atoms with van der Waals surface area (Å²) in [6, 6.07) is 9.81. The molecule has 92 valence electrons. The molecular formula is C15H16N2O. The standard InChI is InChI=1S/C15H16N2O/c1-10-13(15(18)16-9-11-6-7-11)8-12-4-2-3-5-14(12)17-10/h2-5,8,11H,6-7,9H2,1H3,(H,16,18). The number of amides is 1. The Bertz CT molecular complexity index is 602. The van der Waals surface area contributed by atoms with E-state index in [9.17, 15) is 4.79 Å². The minimum atomic E-state index is -0.00217. The van der Waals surface area contributed by atoms with Gasteiger partial charge in [-0.15, -0.1) is 0 Å². The smallest absolute Gasteiger partial charge is 0.253 e. The molecule has 1 fully saturated rings. The molecular weight excluding hydrogens is 224 g/mol. The molecule has 0 bridgehead atoms. The van der Waals surface area contributed by atoms with Gasteiger partial charge in [0, 0.05) is 11.9 Å². The Labute approximate surface area is 106 Å². The van der Waals surface area contributed by atoms with Crippen molar-refractivity contribution in [1.82, 2.24) is 10.3 Å². The molecule has 3 rings (SSSR count). The zero-order valence-electron chi connectivity index (χ0n) is 10.4. The third kappa shape index (κ3) is 2.21. The lowest BCUT2D eigenvalue weighted by atomic mass is 10.1. The van der Waals surface area contributed by atoms with Gasteiger partial charge in [-0.3, -0.25) is 9.78 Å². The monoisotopic (exact) mass is 240 g/mol. The zero-order valence-corrected chi connectivity index (χ0v) is 10.4. The molecule has 1 aromatic heterocycles. The molecule has 1 heterocycles. The fourth-order valence-corrected chi connectivity index (χ4v) is 2.10. The first-order valence-electron chi connectivity index (χ1n) is 6.38. The van der Waals surface area contributed by atoms with Gasteiger partial charge in [0.1, 0.15) is 0 Å². The van der Waals surface area contributed by atoms with E-state index in [1.807, 2.05) is 37.3 Å². The molecule has 3 heteroatoms. The number of rotatable bonds is 3. The number of hydrogen-bond donors (Lipinski definition) is 1. The number of nitrogens with one attached hydrogen (secondary N) is 1. The predicted octanol–water partition coefficient (Wildman–Crippen LogP) is 2.68. The van der Waals surface area contributed by atoms with Gasteiger partial charge in [0.25, 0.3) is 5.91 Å². The van der Waals surface area contributed by atoms with Crippen LogP contribution in [0.3, 0.4) is 0 Å². The molecule has 0 aliphatic heterocycles. The van der Waals surface area contributed by atoms with E-state index in [0.29, 0.717) is 11.5 Å². The third-order valence-electron chi connectivity index (χ3n) is 3.41. The third-order valence-corrected chi connectivity index (χ3v) is 3.41. The molecule has 0 spiro atoms. The summed E-state index contributed by atoms with van der Waals surface area (Å²) in [4.78, 5) is 16.6. The van der Waals surface area contributed by atoms with Gasteiger partial charge in [-0.05, 0) is 37.8 Å². The molecule has 1 aliphatic carbocycles. The summed E-state index contributed by atoms with van der Waals surface area (Å²) in [6.07, 6.45) is 2.49. The predicted molar refractivity (Wildman–Crippen MR) is 71.5 cm³/mol. The summed E-state index contributed by atoms with van der Waals surface area (Å²) in [5, 5.41) is 4.00. The summed E-state index contributed by atoms with van der Waals surface area (Å²) in [5.74, 6) is 0.695. The van der Waals surface area contributed by atoms with E-state index >= 15 is 0 Å². The molecule has 1 aromatic carbocycles. The Morgan fingerprint density at radius 1 is 1.39 bits per heavy atom. The zero-order chi connectivity index (χ0) is 12.5. The number of carbonyl (C=O) groups excluding carboxylic acids is 1. The van der Waals surface area contributed by atoms with Crippen molar-refractivity contribution in [3.63, 3.8) is 0 Å². The van der Waals surface area contributed by atoms with E-state index in [-0.39, 0.29) is 5.91 Å². The lowest BCUT2D eigenvalue weighted by Gasteiger charge is -2.08. The highest BCUT2D eigenvalue weighted by molar-refractivity contribution is 5.98. The molecule has 1 N–H and O–H groups in total. The van der Waals surface area contributed by atoms with Crippen molar-refractivity contribution in [2.24, 2.45) is 5.92 Å². The van der Waals surface area contributed by atoms with E-state index in [1.54, 1.807) is 0 Å². The number of nitrogens with zero attached hydrogens (tertiary/aromatic N) is 1. The molecule has 1 amide bonds. The average Bonchev–Trinajstić information content (AvgIpc) is 3.19. The molecule has 0 unspecified atom stereocenters. The summed E-state index contributed by atoms with van der Waals surface area (Å²) >= 11 is 0. The second-order valence-electron chi connectivity index (χ2n) is 4.97. The van der Waals surface area contributed by atoms with Crippen molar-refractivity contribution < 1.29 is 4.79 Å². The van der Waals surface area contributed by atoms with Gasteiger partial charge in [-0.25, -0.2) is 0 Å². The van der Waals surface area contributed by atoms with Crippen LogP contribution < -0.4 is 5.32 Å². The minimum absolute atomic E-state index is 0.00217. The molecule has 18 heavy (non-hydrogen) atoms. The van der Waals surface area contributed by atoms with Gasteiger partial charge >= 0.3 is 0 Å². The first-order chi connectivity index (χ1) is 8.74. The summed E-state index contributed by atoms with van der Waals surface area (Å²) in [6.45, 7) is 2.68. The average molecular weight is 240 g/mol. The van der Waals surface area contributed by atoms with Crippen LogP contribution >= 0.6 is 0 Å². The largest absolute Gasteiger partial charge is 0.352 e. The molecule has 0 saturated heterocycles. The highest BCUT2D eigenvalue weighted by Gasteiger charge is 2.22. The van der Waals surface area contributed by atoms with Crippen LogP contribution in [0.15, 0.2) is 30.3 Å². The van der Waals surface area contributed by atoms with Gasteiger partial charge in [-0.1, -0.05) is 18.2 Å². The second kappa shape index (κ2) is 4.41. The van der Waals surface area contributed by atoms with Crippen molar-refractivity contribution in [2.45, 2.75) is 19.8 Å². The van der Waals surface area contributed by atoms with Crippen LogP contribution in [-0.2, 0) is 0 Å². The van der Waals surface area contributed by atoms with Crippen molar-refractivity contribution in [1.29, 1.82) is 0 Å². The van der Waals surface area contributed by atoms with Gasteiger partial charge in [0.2, 0.25) is 0 Å². The number of carbonyl (C=O) groups is 1. The van der Waals surface area contributed by atoms with E-state index in [2.05, 4.69) is 10.3 Å². The number of pyridine rings is 1. The van der Waals surface area contributed by atoms with E-state index in [0.717, 1.165) is 23.1 Å². The number of fused-ring (bicyclic) bond motifs is 1. The maximum Gasteiger partial charge on any atom is 0.253 e. The molecule has 2 aromatic rings. The Balaban J connectivity index is 1.89. The Morgan fingerprint density at radius 2 is 2.17 bits per heavy atom. The molecule has 0 radical (unpaired) electrons. The second-order valence-corrected chi connectivity index (χ2v) is 4.97. The summed E-state index contributed by atoms with van der Waals surface area (Å²) < 4.78 is 0. The van der Waals surface area contributed by atoms with Gasteiger partial charge < -0.3 is 5.32 Å². The van der Waals surface area contributed by atoms with Crippen LogP contribution in [-0.4, -0.2) is 17.4 Å². The molecule has 1 saturated carbocycles. The van der Waals surface area contributed by atoms with E-state index in [4.69, 9.17) is 0 Å². The van der Waals surface area contributed by atoms with Crippen LogP contribution in [0.5, 0.6) is 0 Å².